The minimum absolute atomic E-state index is 0.355. The number of halogens is 1. The zero-order valence-corrected chi connectivity index (χ0v) is 15.1. The van der Waals surface area contributed by atoms with Crippen LogP contribution in [-0.2, 0) is 4.74 Å². The molecule has 1 saturated heterocycles. The minimum Gasteiger partial charge on any atom is -0.378 e. The second-order valence-electron chi connectivity index (χ2n) is 5.23. The van der Waals surface area contributed by atoms with Gasteiger partial charge in [-0.15, -0.1) is 0 Å². The van der Waals surface area contributed by atoms with E-state index in [1.54, 1.807) is 0 Å². The Morgan fingerprint density at radius 2 is 2.16 bits per heavy atom. The maximum Gasteiger partial charge on any atom is 0.261 e. The van der Waals surface area contributed by atoms with Crippen molar-refractivity contribution >= 4 is 23.5 Å². The molecule has 0 radical (unpaired) electrons. The molecular weight excluding hydrogens is 343 g/mol. The summed E-state index contributed by atoms with van der Waals surface area (Å²) in [6, 6.07) is 0. The van der Waals surface area contributed by atoms with E-state index in [0.29, 0.717) is 48.5 Å². The van der Waals surface area contributed by atoms with Crippen LogP contribution in [0.1, 0.15) is 17.3 Å². The van der Waals surface area contributed by atoms with Crippen molar-refractivity contribution in [3.63, 3.8) is 0 Å². The van der Waals surface area contributed by atoms with Crippen LogP contribution in [-0.4, -0.2) is 48.4 Å². The summed E-state index contributed by atoms with van der Waals surface area (Å²) in [7, 11) is 0. The van der Waals surface area contributed by atoms with Crippen LogP contribution < -0.4 is 10.2 Å². The lowest BCUT2D eigenvalue weighted by molar-refractivity contribution is 0.0964. The first-order valence-electron chi connectivity index (χ1n) is 7.76. The molecule has 0 bridgehead atoms. The quantitative estimate of drug-likeness (QED) is 0.476. The Balaban J connectivity index is 2.30. The highest BCUT2D eigenvalue weighted by Gasteiger charge is 2.22. The molecule has 0 aromatic carbocycles. The normalized spacial score (nSPS) is 15.9. The molecule has 0 spiro atoms. The lowest BCUT2D eigenvalue weighted by atomic mass is 10.2. The number of nitrogens with zero attached hydrogens (tertiary/aromatic N) is 3. The number of amides is 1. The molecule has 1 amide bonds. The van der Waals surface area contributed by atoms with Crippen molar-refractivity contribution in [2.45, 2.75) is 12.1 Å². The van der Waals surface area contributed by atoms with Gasteiger partial charge in [0.1, 0.15) is 11.4 Å². The molecule has 1 aliphatic rings. The minimum atomic E-state index is -0.370. The Hall–Kier alpha value is -2.19. The zero-order valence-electron chi connectivity index (χ0n) is 14.3. The average molecular weight is 364 g/mol. The molecule has 8 heteroatoms. The number of hydrogen-bond donors (Lipinski definition) is 1. The zero-order chi connectivity index (χ0) is 18.2. The van der Waals surface area contributed by atoms with E-state index in [-0.39, 0.29) is 11.7 Å². The van der Waals surface area contributed by atoms with E-state index in [9.17, 15) is 9.18 Å². The van der Waals surface area contributed by atoms with E-state index in [0.717, 1.165) is 0 Å². The third-order valence-electron chi connectivity index (χ3n) is 3.45. The maximum absolute atomic E-state index is 12.9. The summed E-state index contributed by atoms with van der Waals surface area (Å²) in [6.07, 6.45) is 7.54. The summed E-state index contributed by atoms with van der Waals surface area (Å²) in [6.45, 7) is 7.42. The Bertz CT molecular complexity index is 696. The lowest BCUT2D eigenvalue weighted by Crippen LogP contribution is -2.38. The molecule has 2 rings (SSSR count). The van der Waals surface area contributed by atoms with Crippen LogP contribution in [0.25, 0.3) is 0 Å². The summed E-state index contributed by atoms with van der Waals surface area (Å²) in [5.74, 6) is -0.166. The van der Waals surface area contributed by atoms with Crippen molar-refractivity contribution in [1.82, 2.24) is 15.3 Å². The highest BCUT2D eigenvalue weighted by Crippen LogP contribution is 2.22. The molecule has 6 nitrogen and oxygen atoms in total. The molecule has 1 aliphatic heterocycles. The molecule has 0 aliphatic carbocycles. The Morgan fingerprint density at radius 3 is 2.76 bits per heavy atom. The van der Waals surface area contributed by atoms with Crippen LogP contribution in [0, 0.1) is 0 Å². The standard InChI is InChI=1S/C17H21FN4O2S/c1-4-13(6-5-12(2)18)20-16(23)14-11-19-17(25-3)21-15(14)22-7-9-24-10-8-22/h4-6,11H,1,7-10H2,2-3H3,(H,20,23)/b12-5+,13-6+. The highest BCUT2D eigenvalue weighted by molar-refractivity contribution is 7.98. The van der Waals surface area contributed by atoms with Crippen LogP contribution in [0.15, 0.2) is 47.7 Å². The van der Waals surface area contributed by atoms with E-state index in [1.807, 2.05) is 11.2 Å². The van der Waals surface area contributed by atoms with E-state index < -0.39 is 0 Å². The van der Waals surface area contributed by atoms with Gasteiger partial charge in [-0.2, -0.15) is 0 Å². The SMILES string of the molecule is C=C/C(=C\C=C(/C)F)NC(=O)c1cnc(SC)nc1N1CCOCC1. The second kappa shape index (κ2) is 9.33. The fourth-order valence-corrected chi connectivity index (χ4v) is 2.53. The molecule has 1 fully saturated rings. The number of thioether (sulfide) groups is 1. The molecule has 0 saturated carbocycles. The summed E-state index contributed by atoms with van der Waals surface area (Å²) in [5, 5.41) is 3.29. The smallest absolute Gasteiger partial charge is 0.261 e. The van der Waals surface area contributed by atoms with Crippen molar-refractivity contribution in [3.8, 4) is 0 Å². The van der Waals surface area contributed by atoms with E-state index in [1.165, 1.54) is 43.1 Å². The van der Waals surface area contributed by atoms with Crippen molar-refractivity contribution in [2.75, 3.05) is 37.5 Å². The van der Waals surface area contributed by atoms with Gasteiger partial charge in [0.05, 0.1) is 19.0 Å². The fraction of sp³-hybridized carbons (Fsp3) is 0.353. The number of anilines is 1. The van der Waals surface area contributed by atoms with Crippen LogP contribution >= 0.6 is 11.8 Å². The van der Waals surface area contributed by atoms with Gasteiger partial charge in [0.25, 0.3) is 5.91 Å². The summed E-state index contributed by atoms with van der Waals surface area (Å²) in [5.41, 5.74) is 0.747. The monoisotopic (exact) mass is 364 g/mol. The van der Waals surface area contributed by atoms with Crippen molar-refractivity contribution in [3.05, 3.63) is 48.1 Å². The summed E-state index contributed by atoms with van der Waals surface area (Å²) >= 11 is 1.41. The Kier molecular flexibility index (Phi) is 7.15. The highest BCUT2D eigenvalue weighted by atomic mass is 32.2. The van der Waals surface area contributed by atoms with Gasteiger partial charge in [0.15, 0.2) is 5.16 Å². The number of ether oxygens (including phenoxy) is 1. The van der Waals surface area contributed by atoms with Crippen LogP contribution in [0.4, 0.5) is 10.2 Å². The Morgan fingerprint density at radius 1 is 1.44 bits per heavy atom. The molecule has 0 atom stereocenters. The molecule has 25 heavy (non-hydrogen) atoms. The predicted molar refractivity (Wildman–Crippen MR) is 97.5 cm³/mol. The first-order chi connectivity index (χ1) is 12.0. The number of hydrogen-bond acceptors (Lipinski definition) is 6. The van der Waals surface area contributed by atoms with Crippen molar-refractivity contribution < 1.29 is 13.9 Å². The number of rotatable bonds is 6. The molecule has 1 aromatic rings. The van der Waals surface area contributed by atoms with E-state index in [4.69, 9.17) is 4.74 Å². The number of aromatic nitrogens is 2. The number of nitrogens with one attached hydrogen (secondary N) is 1. The van der Waals surface area contributed by atoms with Gasteiger partial charge in [-0.25, -0.2) is 14.4 Å². The van der Waals surface area contributed by atoms with Crippen molar-refractivity contribution in [2.24, 2.45) is 0 Å². The molecule has 134 valence electrons. The molecule has 1 aromatic heterocycles. The predicted octanol–water partition coefficient (Wildman–Crippen LogP) is 2.71. The van der Waals surface area contributed by atoms with Crippen LogP contribution in [0.3, 0.4) is 0 Å². The van der Waals surface area contributed by atoms with Gasteiger partial charge in [0, 0.05) is 25.0 Å². The average Bonchev–Trinajstić information content (AvgIpc) is 2.64. The maximum atomic E-state index is 12.9. The molecular formula is C17H21FN4O2S. The third-order valence-corrected chi connectivity index (χ3v) is 4.02. The van der Waals surface area contributed by atoms with Gasteiger partial charge >= 0.3 is 0 Å². The number of carbonyl (C=O) groups is 1. The lowest BCUT2D eigenvalue weighted by Gasteiger charge is -2.29. The van der Waals surface area contributed by atoms with E-state index >= 15 is 0 Å². The molecule has 0 unspecified atom stereocenters. The van der Waals surface area contributed by atoms with Gasteiger partial charge in [-0.05, 0) is 31.4 Å². The van der Waals surface area contributed by atoms with Gasteiger partial charge in [-0.3, -0.25) is 4.79 Å². The van der Waals surface area contributed by atoms with E-state index in [2.05, 4.69) is 21.9 Å². The molecule has 1 N–H and O–H groups in total. The van der Waals surface area contributed by atoms with Crippen LogP contribution in [0.5, 0.6) is 0 Å². The number of carbonyl (C=O) groups excluding carboxylic acids is 1. The Labute approximate surface area is 150 Å². The third kappa shape index (κ3) is 5.40. The van der Waals surface area contributed by atoms with Gasteiger partial charge in [-0.1, -0.05) is 18.3 Å². The largest absolute Gasteiger partial charge is 0.378 e. The van der Waals surface area contributed by atoms with Crippen molar-refractivity contribution in [1.29, 1.82) is 0 Å². The first kappa shape index (κ1) is 19.1. The number of allylic oxidation sites excluding steroid dienone is 4. The number of morpholine rings is 1. The summed E-state index contributed by atoms with van der Waals surface area (Å²) < 4.78 is 18.2. The van der Waals surface area contributed by atoms with Crippen LogP contribution in [0.2, 0.25) is 0 Å². The first-order valence-corrected chi connectivity index (χ1v) is 8.99. The van der Waals surface area contributed by atoms with Gasteiger partial charge in [0.2, 0.25) is 0 Å². The second-order valence-corrected chi connectivity index (χ2v) is 6.00. The summed E-state index contributed by atoms with van der Waals surface area (Å²) in [4.78, 5) is 23.3. The molecule has 2 heterocycles. The topological polar surface area (TPSA) is 67.4 Å². The van der Waals surface area contributed by atoms with Gasteiger partial charge < -0.3 is 15.0 Å². The fourth-order valence-electron chi connectivity index (χ4n) is 2.20.